The van der Waals surface area contributed by atoms with Gasteiger partial charge in [-0.05, 0) is 70.2 Å². The zero-order valence-electron chi connectivity index (χ0n) is 38.2. The Bertz CT molecular complexity index is 2810. The minimum Gasteiger partial charge on any atom is -0.496 e. The molecule has 7 aromatic carbocycles. The molecule has 0 aliphatic carbocycles. The number of ether oxygens (including phenoxy) is 4. The average Bonchev–Trinajstić information content (AvgIpc) is 3.26. The Morgan fingerprint density at radius 2 is 0.656 bits per heavy atom. The van der Waals surface area contributed by atoms with Crippen molar-refractivity contribution in [3.05, 3.63) is 105 Å². The van der Waals surface area contributed by atoms with E-state index >= 15 is 9.59 Å². The zero-order valence-corrected chi connectivity index (χ0v) is 38.2. The summed E-state index contributed by atoms with van der Waals surface area (Å²) in [6.07, 6.45) is 0. The molecule has 0 radical (unpaired) electrons. The summed E-state index contributed by atoms with van der Waals surface area (Å²) in [5, 5.41) is 29.6. The normalized spacial score (nSPS) is 11.8. The third-order valence-electron chi connectivity index (χ3n) is 12.2. The second kappa shape index (κ2) is 17.2. The standard InChI is InChI=1S/C52H54N2O10/c1-23(2)27-15-13-16-28(24(3)4)47(27)53-49(55)31-19-35(61-9)41-43-37(63-11)21-33(51(57)58)40-34(52(59)60)22-38(64-12)44(46(40)43)42-36(62-10)20-32(39(31)45(41)42)50(56)54-48-29(25(5)6)17-14-18-30(48)26(7)8/h13-26H,1-12H3,(H,53,55)(H,54,56)(H,57,58)(H,59,60). The van der Waals surface area contributed by atoms with Gasteiger partial charge in [0.05, 0.1) is 50.7 Å². The van der Waals surface area contributed by atoms with E-state index in [2.05, 4.69) is 66.0 Å². The van der Waals surface area contributed by atoms with Crippen LogP contribution >= 0.6 is 0 Å². The fraction of sp³-hybridized carbons (Fsp3) is 0.308. The molecular formula is C52H54N2O10. The number of benzene rings is 7. The van der Waals surface area contributed by atoms with Crippen molar-refractivity contribution in [1.82, 2.24) is 0 Å². The molecule has 332 valence electrons. The topological polar surface area (TPSA) is 170 Å². The summed E-state index contributed by atoms with van der Waals surface area (Å²) in [5.74, 6) is -3.14. The Balaban J connectivity index is 1.74. The largest absolute Gasteiger partial charge is 0.496 e. The lowest BCUT2D eigenvalue weighted by atomic mass is 9.82. The van der Waals surface area contributed by atoms with Gasteiger partial charge in [-0.15, -0.1) is 0 Å². The second-order valence-corrected chi connectivity index (χ2v) is 17.3. The number of amides is 2. The van der Waals surface area contributed by atoms with Gasteiger partial charge < -0.3 is 39.8 Å². The number of hydrogen-bond donors (Lipinski definition) is 4. The summed E-state index contributed by atoms with van der Waals surface area (Å²) in [6.45, 7) is 16.4. The Morgan fingerprint density at radius 3 is 0.891 bits per heavy atom. The lowest BCUT2D eigenvalue weighted by Gasteiger charge is -2.26. The van der Waals surface area contributed by atoms with Crippen molar-refractivity contribution < 1.29 is 48.3 Å². The minimum absolute atomic E-state index is 0.0462. The van der Waals surface area contributed by atoms with E-state index in [4.69, 9.17) is 18.9 Å². The van der Waals surface area contributed by atoms with Crippen LogP contribution in [-0.4, -0.2) is 62.4 Å². The number of anilines is 2. The van der Waals surface area contributed by atoms with E-state index in [-0.39, 0.29) is 95.9 Å². The molecule has 2 amide bonds. The van der Waals surface area contributed by atoms with Crippen LogP contribution in [0.25, 0.3) is 43.1 Å². The number of nitrogens with one attached hydrogen (secondary N) is 2. The third kappa shape index (κ3) is 7.20. The second-order valence-electron chi connectivity index (χ2n) is 17.3. The molecule has 0 aromatic heterocycles. The van der Waals surface area contributed by atoms with Gasteiger partial charge in [0.25, 0.3) is 11.8 Å². The fourth-order valence-electron chi connectivity index (χ4n) is 9.26. The first-order valence-electron chi connectivity index (χ1n) is 21.3. The molecule has 0 heterocycles. The van der Waals surface area contributed by atoms with Crippen LogP contribution in [0.15, 0.2) is 60.7 Å². The highest BCUT2D eigenvalue weighted by Crippen LogP contribution is 2.55. The van der Waals surface area contributed by atoms with Gasteiger partial charge in [-0.25, -0.2) is 9.59 Å². The molecule has 0 saturated heterocycles. The molecule has 0 atom stereocenters. The van der Waals surface area contributed by atoms with Crippen LogP contribution in [-0.2, 0) is 0 Å². The Kier molecular flexibility index (Phi) is 12.1. The molecule has 12 heteroatoms. The first kappa shape index (κ1) is 45.0. The molecule has 12 nitrogen and oxygen atoms in total. The van der Waals surface area contributed by atoms with E-state index in [0.717, 1.165) is 22.3 Å². The van der Waals surface area contributed by atoms with Crippen molar-refractivity contribution in [2.45, 2.75) is 79.1 Å². The maximum atomic E-state index is 15.4. The van der Waals surface area contributed by atoms with Gasteiger partial charge in [0, 0.05) is 54.5 Å². The van der Waals surface area contributed by atoms with E-state index in [1.807, 2.05) is 36.4 Å². The number of aromatic carboxylic acids is 2. The highest BCUT2D eigenvalue weighted by atomic mass is 16.5. The summed E-state index contributed by atoms with van der Waals surface area (Å²) >= 11 is 0. The van der Waals surface area contributed by atoms with Gasteiger partial charge in [-0.2, -0.15) is 0 Å². The number of hydrogen-bond acceptors (Lipinski definition) is 8. The highest BCUT2D eigenvalue weighted by molar-refractivity contribution is 6.43. The molecule has 0 aliphatic rings. The molecule has 7 aromatic rings. The van der Waals surface area contributed by atoms with E-state index < -0.39 is 23.8 Å². The number of rotatable bonds is 14. The van der Waals surface area contributed by atoms with E-state index in [0.29, 0.717) is 27.5 Å². The van der Waals surface area contributed by atoms with Crippen molar-refractivity contribution >= 4 is 78.2 Å². The molecule has 0 aliphatic heterocycles. The number of fused-ring (bicyclic) bond motifs is 2. The van der Waals surface area contributed by atoms with Crippen LogP contribution in [0.4, 0.5) is 11.4 Å². The molecule has 4 N–H and O–H groups in total. The van der Waals surface area contributed by atoms with Gasteiger partial charge in [0.15, 0.2) is 0 Å². The Morgan fingerprint density at radius 1 is 0.406 bits per heavy atom. The van der Waals surface area contributed by atoms with Crippen LogP contribution < -0.4 is 29.6 Å². The number of carbonyl (C=O) groups is 4. The van der Waals surface area contributed by atoms with Gasteiger partial charge in [-0.1, -0.05) is 91.8 Å². The van der Waals surface area contributed by atoms with Crippen molar-refractivity contribution in [2.75, 3.05) is 39.1 Å². The summed E-state index contributed by atoms with van der Waals surface area (Å²) in [4.78, 5) is 56.7. The first-order valence-corrected chi connectivity index (χ1v) is 21.3. The lowest BCUT2D eigenvalue weighted by molar-refractivity contribution is 0.0695. The van der Waals surface area contributed by atoms with Crippen molar-refractivity contribution in [1.29, 1.82) is 0 Å². The maximum Gasteiger partial charge on any atom is 0.336 e. The van der Waals surface area contributed by atoms with Gasteiger partial charge >= 0.3 is 11.9 Å². The summed E-state index contributed by atoms with van der Waals surface area (Å²) < 4.78 is 24.3. The van der Waals surface area contributed by atoms with Gasteiger partial charge in [0.2, 0.25) is 0 Å². The predicted octanol–water partition coefficient (Wildman–Crippen LogP) is 12.2. The van der Waals surface area contributed by atoms with Crippen molar-refractivity contribution in [3.63, 3.8) is 0 Å². The summed E-state index contributed by atoms with van der Waals surface area (Å²) in [5.41, 5.74) is 4.59. The molecule has 7 rings (SSSR count). The molecule has 0 spiro atoms. The number of carbonyl (C=O) groups excluding carboxylic acids is 2. The van der Waals surface area contributed by atoms with Crippen LogP contribution in [0, 0.1) is 0 Å². The lowest BCUT2D eigenvalue weighted by Crippen LogP contribution is -2.20. The fourth-order valence-corrected chi connectivity index (χ4v) is 9.26. The molecule has 0 saturated carbocycles. The summed E-state index contributed by atoms with van der Waals surface area (Å²) in [6, 6.07) is 17.6. The number of carboxylic acids is 2. The quantitative estimate of drug-likeness (QED) is 0.0609. The van der Waals surface area contributed by atoms with E-state index in [1.165, 1.54) is 40.6 Å². The van der Waals surface area contributed by atoms with Gasteiger partial charge in [0.1, 0.15) is 23.0 Å². The Hall–Kier alpha value is -7.08. The zero-order chi connectivity index (χ0) is 46.6. The summed E-state index contributed by atoms with van der Waals surface area (Å²) in [7, 11) is 5.63. The maximum absolute atomic E-state index is 15.4. The number of para-hydroxylation sites is 2. The molecule has 0 fully saturated rings. The van der Waals surface area contributed by atoms with E-state index in [9.17, 15) is 19.8 Å². The molecule has 0 unspecified atom stereocenters. The minimum atomic E-state index is -1.39. The molecule has 64 heavy (non-hydrogen) atoms. The van der Waals surface area contributed by atoms with Crippen LogP contribution in [0.1, 0.15) is 143 Å². The van der Waals surface area contributed by atoms with Crippen LogP contribution in [0.2, 0.25) is 0 Å². The molecular weight excluding hydrogens is 813 g/mol. The third-order valence-corrected chi connectivity index (χ3v) is 12.2. The van der Waals surface area contributed by atoms with E-state index in [1.54, 1.807) is 12.1 Å². The number of carboxylic acid groups (broad SMARTS) is 2. The number of methoxy groups -OCH3 is 4. The predicted molar refractivity (Wildman–Crippen MR) is 253 cm³/mol. The smallest absolute Gasteiger partial charge is 0.336 e. The average molecular weight is 867 g/mol. The Labute approximate surface area is 371 Å². The van der Waals surface area contributed by atoms with Gasteiger partial charge in [-0.3, -0.25) is 9.59 Å². The van der Waals surface area contributed by atoms with Crippen molar-refractivity contribution in [2.24, 2.45) is 0 Å². The SMILES string of the molecule is COc1cc(C(=O)O)c2c(C(=O)O)cc(OC)c3c4c(OC)cc(C(=O)Nc5c(C(C)C)cccc5C(C)C)c5c(C(=O)Nc6c(C(C)C)cccc6C(C)C)cc(OC)c(c1c23)c54. The van der Waals surface area contributed by atoms with Crippen LogP contribution in [0.3, 0.4) is 0 Å². The highest BCUT2D eigenvalue weighted by Gasteiger charge is 2.34. The monoisotopic (exact) mass is 866 g/mol. The first-order chi connectivity index (χ1) is 30.4. The molecule has 0 bridgehead atoms. The van der Waals surface area contributed by atoms with Crippen molar-refractivity contribution in [3.8, 4) is 23.0 Å². The van der Waals surface area contributed by atoms with Crippen LogP contribution in [0.5, 0.6) is 23.0 Å².